The maximum Gasteiger partial charge on any atom is 0.397 e. The molecule has 8 unspecified atom stereocenters. The summed E-state index contributed by atoms with van der Waals surface area (Å²) in [7, 11) is -5.12. The number of nitrogens with one attached hydrogen (secondary N) is 1. The van der Waals surface area contributed by atoms with Crippen LogP contribution in [0.1, 0.15) is 149 Å². The molecule has 7 N–H and O–H groups in total. The second-order valence-corrected chi connectivity index (χ2v) is 15.7. The molecule has 0 saturated carbocycles. The second kappa shape index (κ2) is 32.9. The van der Waals surface area contributed by atoms with Crippen molar-refractivity contribution in [3.8, 4) is 0 Å². The van der Waals surface area contributed by atoms with Crippen LogP contribution in [0.5, 0.6) is 0 Å². The third kappa shape index (κ3) is 25.4. The third-order valence-corrected chi connectivity index (χ3v) is 10.1. The van der Waals surface area contributed by atoms with Gasteiger partial charge in [0, 0.05) is 0 Å². The SMILES string of the molecule is CCCC/C=C\CCCCCCC(O)C(=O)NC(COC1OC(CO)C(O)C(OS(=O)(=O)O)C1O)C(O)/C=C/CC/C=C/CC/C=C/CCCCCCCCC. The van der Waals surface area contributed by atoms with E-state index in [0.717, 1.165) is 57.8 Å². The first-order valence-electron chi connectivity index (χ1n) is 21.1. The van der Waals surface area contributed by atoms with E-state index in [2.05, 4.69) is 59.8 Å². The molecule has 1 saturated heterocycles. The minimum absolute atomic E-state index is 0.216. The molecule has 14 heteroatoms. The number of unbranched alkanes of at least 4 members (excludes halogenated alkanes) is 15. The number of rotatable bonds is 34. The molecule has 8 atom stereocenters. The van der Waals surface area contributed by atoms with Gasteiger partial charge in [-0.2, -0.15) is 8.42 Å². The lowest BCUT2D eigenvalue weighted by molar-refractivity contribution is -0.298. The van der Waals surface area contributed by atoms with Crippen molar-refractivity contribution in [1.82, 2.24) is 5.32 Å². The van der Waals surface area contributed by atoms with Gasteiger partial charge in [0.2, 0.25) is 5.91 Å². The van der Waals surface area contributed by atoms with E-state index >= 15 is 0 Å². The third-order valence-electron chi connectivity index (χ3n) is 9.67. The summed E-state index contributed by atoms with van der Waals surface area (Å²) in [5.41, 5.74) is 0. The van der Waals surface area contributed by atoms with Gasteiger partial charge < -0.3 is 40.3 Å². The van der Waals surface area contributed by atoms with E-state index in [-0.39, 0.29) is 6.42 Å². The fraction of sp³-hybridized carbons (Fsp3) is 0.786. The van der Waals surface area contributed by atoms with Crippen LogP contribution in [0.3, 0.4) is 0 Å². The zero-order valence-corrected chi connectivity index (χ0v) is 34.9. The van der Waals surface area contributed by atoms with Crippen LogP contribution in [0.2, 0.25) is 0 Å². The number of aliphatic hydroxyl groups excluding tert-OH is 5. The minimum Gasteiger partial charge on any atom is -0.394 e. The molecule has 326 valence electrons. The summed E-state index contributed by atoms with van der Waals surface area (Å²) < 4.78 is 47.3. The highest BCUT2D eigenvalue weighted by Gasteiger charge is 2.48. The minimum atomic E-state index is -5.12. The van der Waals surface area contributed by atoms with Crippen LogP contribution in [0.25, 0.3) is 0 Å². The fourth-order valence-corrected chi connectivity index (χ4v) is 6.74. The zero-order valence-electron chi connectivity index (χ0n) is 34.0. The van der Waals surface area contributed by atoms with Gasteiger partial charge in [0.05, 0.1) is 25.4 Å². The molecule has 1 rings (SSSR count). The Balaban J connectivity index is 2.70. The van der Waals surface area contributed by atoms with Crippen molar-refractivity contribution in [2.24, 2.45) is 0 Å². The van der Waals surface area contributed by atoms with Crippen molar-refractivity contribution in [3.63, 3.8) is 0 Å². The van der Waals surface area contributed by atoms with Gasteiger partial charge in [-0.25, -0.2) is 4.18 Å². The highest BCUT2D eigenvalue weighted by atomic mass is 32.3. The van der Waals surface area contributed by atoms with Crippen LogP contribution < -0.4 is 5.32 Å². The molecular formula is C42H75NO12S. The molecule has 0 aromatic heterocycles. The second-order valence-electron chi connectivity index (χ2n) is 14.7. The number of allylic oxidation sites excluding steroid dienone is 7. The molecule has 0 radical (unpaired) electrons. The maximum atomic E-state index is 13.0. The topological polar surface area (TPSA) is 212 Å². The van der Waals surface area contributed by atoms with Crippen molar-refractivity contribution in [3.05, 3.63) is 48.6 Å². The Morgan fingerprint density at radius 3 is 1.77 bits per heavy atom. The van der Waals surface area contributed by atoms with Crippen LogP contribution in [-0.2, 0) is 28.9 Å². The van der Waals surface area contributed by atoms with E-state index in [1.54, 1.807) is 6.08 Å². The van der Waals surface area contributed by atoms with Gasteiger partial charge in [0.1, 0.15) is 30.5 Å². The largest absolute Gasteiger partial charge is 0.397 e. The highest BCUT2D eigenvalue weighted by molar-refractivity contribution is 7.80. The number of hydrogen-bond acceptors (Lipinski definition) is 11. The lowest BCUT2D eigenvalue weighted by Crippen LogP contribution is -2.61. The molecule has 0 aliphatic carbocycles. The molecule has 1 aliphatic heterocycles. The van der Waals surface area contributed by atoms with Gasteiger partial charge in [-0.15, -0.1) is 0 Å². The van der Waals surface area contributed by atoms with Crippen molar-refractivity contribution < 1.29 is 57.0 Å². The summed E-state index contributed by atoms with van der Waals surface area (Å²) in [5.74, 6) is -0.731. The molecule has 0 aromatic carbocycles. The molecule has 0 bridgehead atoms. The first kappa shape index (κ1) is 52.0. The van der Waals surface area contributed by atoms with Gasteiger partial charge in [0.25, 0.3) is 0 Å². The fourth-order valence-electron chi connectivity index (χ4n) is 6.24. The van der Waals surface area contributed by atoms with Crippen molar-refractivity contribution in [1.29, 1.82) is 0 Å². The van der Waals surface area contributed by atoms with Gasteiger partial charge >= 0.3 is 10.4 Å². The van der Waals surface area contributed by atoms with Crippen LogP contribution in [0, 0.1) is 0 Å². The molecule has 56 heavy (non-hydrogen) atoms. The smallest absolute Gasteiger partial charge is 0.394 e. The Morgan fingerprint density at radius 2 is 1.21 bits per heavy atom. The number of carbonyl (C=O) groups is 1. The zero-order chi connectivity index (χ0) is 41.4. The molecule has 13 nitrogen and oxygen atoms in total. The standard InChI is InChI=1S/C42H75NO12S/c1-3-5-7-9-11-13-15-16-17-18-19-20-21-23-24-26-28-30-35(45)34(43-41(49)36(46)31-29-27-25-22-14-12-10-8-6-4-2)33-53-42-39(48)40(55-56(50,51)52)38(47)37(32-44)54-42/h10,12,17-18,21,23,28,30,34-40,42,44-48H,3-9,11,13-16,19-20,22,24-27,29,31-33H2,1-2H3,(H,43,49)(H,50,51,52)/b12-10-,18-17+,23-21+,30-28+. The molecule has 1 fully saturated rings. The predicted molar refractivity (Wildman–Crippen MR) is 219 cm³/mol. The van der Waals surface area contributed by atoms with Gasteiger partial charge in [-0.05, 0) is 64.2 Å². The molecule has 1 heterocycles. The van der Waals surface area contributed by atoms with E-state index in [1.165, 1.54) is 63.9 Å². The number of ether oxygens (including phenoxy) is 2. The van der Waals surface area contributed by atoms with Crippen molar-refractivity contribution in [2.75, 3.05) is 13.2 Å². The molecule has 1 aliphatic rings. The number of amides is 1. The summed E-state index contributed by atoms with van der Waals surface area (Å²) >= 11 is 0. The first-order valence-corrected chi connectivity index (χ1v) is 22.5. The van der Waals surface area contributed by atoms with E-state index in [9.17, 15) is 38.7 Å². The van der Waals surface area contributed by atoms with Crippen LogP contribution >= 0.6 is 0 Å². The number of carbonyl (C=O) groups excluding carboxylic acids is 1. The summed E-state index contributed by atoms with van der Waals surface area (Å²) in [6, 6.07) is -1.15. The van der Waals surface area contributed by atoms with Crippen LogP contribution in [0.15, 0.2) is 48.6 Å². The van der Waals surface area contributed by atoms with E-state index in [4.69, 9.17) is 14.0 Å². The van der Waals surface area contributed by atoms with Gasteiger partial charge in [0.15, 0.2) is 6.29 Å². The summed E-state index contributed by atoms with van der Waals surface area (Å²) in [6.45, 7) is 3.10. The van der Waals surface area contributed by atoms with Crippen molar-refractivity contribution >= 4 is 16.3 Å². The Labute approximate surface area is 337 Å². The normalized spacial score (nSPS) is 22.5. The van der Waals surface area contributed by atoms with E-state index < -0.39 is 78.5 Å². The average Bonchev–Trinajstić information content (AvgIpc) is 3.16. The Bertz CT molecular complexity index is 1210. The van der Waals surface area contributed by atoms with Gasteiger partial charge in [-0.1, -0.05) is 133 Å². The Kier molecular flexibility index (Phi) is 30.6. The molecular weight excluding hydrogens is 743 g/mol. The Hall–Kier alpha value is -1.98. The quantitative estimate of drug-likeness (QED) is 0.0217. The maximum absolute atomic E-state index is 13.0. The van der Waals surface area contributed by atoms with Crippen LogP contribution in [0.4, 0.5) is 0 Å². The highest BCUT2D eigenvalue weighted by Crippen LogP contribution is 2.26. The lowest BCUT2D eigenvalue weighted by atomic mass is 9.99. The average molecular weight is 818 g/mol. The van der Waals surface area contributed by atoms with E-state index in [0.29, 0.717) is 12.8 Å². The van der Waals surface area contributed by atoms with Gasteiger partial charge in [-0.3, -0.25) is 9.35 Å². The molecule has 0 spiro atoms. The summed E-state index contributed by atoms with van der Waals surface area (Å²) in [6.07, 6.45) is 26.4. The lowest BCUT2D eigenvalue weighted by Gasteiger charge is -2.41. The molecule has 0 aromatic rings. The monoisotopic (exact) mass is 818 g/mol. The van der Waals surface area contributed by atoms with E-state index in [1.807, 2.05) is 0 Å². The predicted octanol–water partition coefficient (Wildman–Crippen LogP) is 6.29. The summed E-state index contributed by atoms with van der Waals surface area (Å²) in [4.78, 5) is 13.0. The summed E-state index contributed by atoms with van der Waals surface area (Å²) in [5, 5.41) is 54.9. The van der Waals surface area contributed by atoms with Crippen molar-refractivity contribution in [2.45, 2.75) is 198 Å². The number of aliphatic hydroxyl groups is 5. The Morgan fingerprint density at radius 1 is 0.714 bits per heavy atom. The number of hydrogen-bond donors (Lipinski definition) is 7. The molecule has 1 amide bonds. The van der Waals surface area contributed by atoms with Crippen LogP contribution in [-0.4, -0.2) is 107 Å². The first-order chi connectivity index (χ1) is 26.9.